The number of amides is 1. The Bertz CT molecular complexity index is 808. The molecule has 0 radical (unpaired) electrons. The molecule has 3 heterocycles. The van der Waals surface area contributed by atoms with Gasteiger partial charge in [-0.3, -0.25) is 9.89 Å². The first-order chi connectivity index (χ1) is 13.0. The summed E-state index contributed by atoms with van der Waals surface area (Å²) >= 11 is 0. The second-order valence-electron chi connectivity index (χ2n) is 8.13. The van der Waals surface area contributed by atoms with Gasteiger partial charge in [-0.25, -0.2) is 9.97 Å². The number of carbonyl (C=O) groups excluding carboxylic acids is 1. The molecule has 1 aliphatic heterocycles. The summed E-state index contributed by atoms with van der Waals surface area (Å²) in [7, 11) is 1.57. The maximum Gasteiger partial charge on any atom is 0.255 e. The minimum atomic E-state index is 0.0301. The fourth-order valence-electron chi connectivity index (χ4n) is 4.60. The summed E-state index contributed by atoms with van der Waals surface area (Å²) in [5, 5.41) is 7.57. The van der Waals surface area contributed by atoms with Gasteiger partial charge in [0.1, 0.15) is 5.82 Å². The van der Waals surface area contributed by atoms with Crippen LogP contribution in [0.2, 0.25) is 0 Å². The molecule has 2 fully saturated rings. The van der Waals surface area contributed by atoms with E-state index >= 15 is 0 Å². The molecule has 1 spiro atoms. The van der Waals surface area contributed by atoms with Crippen LogP contribution in [0.25, 0.3) is 0 Å². The smallest absolute Gasteiger partial charge is 0.255 e. The highest BCUT2D eigenvalue weighted by Crippen LogP contribution is 2.53. The highest BCUT2D eigenvalue weighted by Gasteiger charge is 2.51. The molecule has 2 aromatic rings. The number of nitrogens with one attached hydrogen (secondary N) is 1. The van der Waals surface area contributed by atoms with Crippen LogP contribution in [-0.4, -0.2) is 51.2 Å². The van der Waals surface area contributed by atoms with Crippen LogP contribution >= 0.6 is 0 Å². The van der Waals surface area contributed by atoms with Crippen LogP contribution in [0.5, 0.6) is 5.88 Å². The van der Waals surface area contributed by atoms with Crippen molar-refractivity contribution >= 4 is 5.91 Å². The van der Waals surface area contributed by atoms with Crippen molar-refractivity contribution in [2.24, 2.45) is 5.41 Å². The Kier molecular flexibility index (Phi) is 4.61. The molecule has 4 rings (SSSR count). The summed E-state index contributed by atoms with van der Waals surface area (Å²) in [5.74, 6) is 2.84. The topological polar surface area (TPSA) is 84.0 Å². The average molecular weight is 369 g/mol. The molecule has 1 saturated heterocycles. The number of hydrogen-bond acceptors (Lipinski definition) is 5. The average Bonchev–Trinajstić information content (AvgIpc) is 3.42. The summed E-state index contributed by atoms with van der Waals surface area (Å²) in [5.41, 5.74) is 0.716. The predicted octanol–water partition coefficient (Wildman–Crippen LogP) is 3.13. The fraction of sp³-hybridized carbons (Fsp3) is 0.600. The predicted molar refractivity (Wildman–Crippen MR) is 101 cm³/mol. The molecule has 1 aliphatic carbocycles. The van der Waals surface area contributed by atoms with Gasteiger partial charge in [0.25, 0.3) is 5.91 Å². The van der Waals surface area contributed by atoms with E-state index in [1.807, 2.05) is 4.90 Å². The SMILES string of the molecule is COc1ccc(C(=O)N2CC(c3nc(C(C)C)n[nH]3)C3(CCCC3)C2)cn1. The van der Waals surface area contributed by atoms with Crippen LogP contribution in [0.15, 0.2) is 18.3 Å². The third kappa shape index (κ3) is 3.19. The van der Waals surface area contributed by atoms with Gasteiger partial charge < -0.3 is 9.64 Å². The summed E-state index contributed by atoms with van der Waals surface area (Å²) in [4.78, 5) is 24.0. The highest BCUT2D eigenvalue weighted by atomic mass is 16.5. The van der Waals surface area contributed by atoms with E-state index in [2.05, 4.69) is 29.0 Å². The van der Waals surface area contributed by atoms with Crippen LogP contribution in [0, 0.1) is 5.41 Å². The molecule has 2 aliphatic rings. The molecule has 1 amide bonds. The summed E-state index contributed by atoms with van der Waals surface area (Å²) in [6.45, 7) is 5.65. The summed E-state index contributed by atoms with van der Waals surface area (Å²) < 4.78 is 5.09. The van der Waals surface area contributed by atoms with Gasteiger partial charge in [0.15, 0.2) is 5.82 Å². The number of hydrogen-bond donors (Lipinski definition) is 1. The highest BCUT2D eigenvalue weighted by molar-refractivity contribution is 5.94. The van der Waals surface area contributed by atoms with Crippen molar-refractivity contribution in [3.8, 4) is 5.88 Å². The lowest BCUT2D eigenvalue weighted by Crippen LogP contribution is -2.31. The van der Waals surface area contributed by atoms with Crippen molar-refractivity contribution in [1.82, 2.24) is 25.1 Å². The Hall–Kier alpha value is -2.44. The molecule has 27 heavy (non-hydrogen) atoms. The standard InChI is InChI=1S/C20H27N5O2/c1-13(2)17-22-18(24-23-17)15-11-25(12-20(15)8-4-5-9-20)19(26)14-6-7-16(27-3)21-10-14/h6-7,10,13,15H,4-5,8-9,11-12H2,1-3H3,(H,22,23,24). The number of likely N-dealkylation sites (tertiary alicyclic amines) is 1. The van der Waals surface area contributed by atoms with E-state index in [1.54, 1.807) is 25.4 Å². The molecule has 0 aromatic carbocycles. The molecule has 1 N–H and O–H groups in total. The number of nitrogens with zero attached hydrogens (tertiary/aromatic N) is 4. The summed E-state index contributed by atoms with van der Waals surface area (Å²) in [6.07, 6.45) is 6.31. The number of aromatic nitrogens is 4. The van der Waals surface area contributed by atoms with Gasteiger partial charge in [-0.15, -0.1) is 0 Å². The van der Waals surface area contributed by atoms with E-state index in [-0.39, 0.29) is 17.2 Å². The van der Waals surface area contributed by atoms with Crippen molar-refractivity contribution in [2.75, 3.05) is 20.2 Å². The van der Waals surface area contributed by atoms with E-state index in [0.717, 1.165) is 31.0 Å². The first kappa shape index (κ1) is 17.9. The maximum atomic E-state index is 13.1. The second kappa shape index (κ2) is 6.94. The van der Waals surface area contributed by atoms with Crippen LogP contribution < -0.4 is 4.74 Å². The van der Waals surface area contributed by atoms with Gasteiger partial charge in [-0.05, 0) is 24.3 Å². The lowest BCUT2D eigenvalue weighted by molar-refractivity contribution is 0.0772. The lowest BCUT2D eigenvalue weighted by atomic mass is 9.76. The Balaban J connectivity index is 1.59. The quantitative estimate of drug-likeness (QED) is 0.895. The van der Waals surface area contributed by atoms with Crippen molar-refractivity contribution in [1.29, 1.82) is 0 Å². The normalized spacial score (nSPS) is 21.3. The molecule has 0 bridgehead atoms. The second-order valence-corrected chi connectivity index (χ2v) is 8.13. The van der Waals surface area contributed by atoms with Crippen molar-refractivity contribution in [2.45, 2.75) is 51.4 Å². The maximum absolute atomic E-state index is 13.1. The molecule has 1 saturated carbocycles. The van der Waals surface area contributed by atoms with Crippen molar-refractivity contribution < 1.29 is 9.53 Å². The largest absolute Gasteiger partial charge is 0.481 e. The third-order valence-electron chi connectivity index (χ3n) is 6.09. The first-order valence-electron chi connectivity index (χ1n) is 9.74. The Morgan fingerprint density at radius 1 is 1.33 bits per heavy atom. The minimum absolute atomic E-state index is 0.0301. The number of rotatable bonds is 4. The van der Waals surface area contributed by atoms with Gasteiger partial charge in [0.2, 0.25) is 5.88 Å². The molecule has 2 aromatic heterocycles. The fourth-order valence-corrected chi connectivity index (χ4v) is 4.60. The number of methoxy groups -OCH3 is 1. The van der Waals surface area contributed by atoms with Crippen LogP contribution in [0.4, 0.5) is 0 Å². The number of carbonyl (C=O) groups is 1. The van der Waals surface area contributed by atoms with E-state index in [4.69, 9.17) is 9.72 Å². The zero-order valence-corrected chi connectivity index (χ0v) is 16.2. The number of ether oxygens (including phenoxy) is 1. The molecule has 7 nitrogen and oxygen atoms in total. The van der Waals surface area contributed by atoms with Gasteiger partial charge in [-0.2, -0.15) is 5.10 Å². The molecular formula is C20H27N5O2. The summed E-state index contributed by atoms with van der Waals surface area (Å²) in [6, 6.07) is 3.52. The van der Waals surface area contributed by atoms with E-state index in [9.17, 15) is 4.79 Å². The van der Waals surface area contributed by atoms with Crippen LogP contribution in [-0.2, 0) is 0 Å². The van der Waals surface area contributed by atoms with Gasteiger partial charge in [0.05, 0.1) is 12.7 Å². The Morgan fingerprint density at radius 2 is 2.11 bits per heavy atom. The molecule has 1 unspecified atom stereocenters. The number of H-pyrrole nitrogens is 1. The molecule has 7 heteroatoms. The van der Waals surface area contributed by atoms with Gasteiger partial charge in [-0.1, -0.05) is 26.7 Å². The zero-order chi connectivity index (χ0) is 19.0. The van der Waals surface area contributed by atoms with E-state index < -0.39 is 0 Å². The zero-order valence-electron chi connectivity index (χ0n) is 16.2. The molecule has 144 valence electrons. The van der Waals surface area contributed by atoms with Crippen LogP contribution in [0.1, 0.15) is 73.4 Å². The molecular weight excluding hydrogens is 342 g/mol. The van der Waals surface area contributed by atoms with Gasteiger partial charge in [0, 0.05) is 37.2 Å². The van der Waals surface area contributed by atoms with Gasteiger partial charge >= 0.3 is 0 Å². The number of pyridine rings is 1. The Morgan fingerprint density at radius 3 is 2.70 bits per heavy atom. The monoisotopic (exact) mass is 369 g/mol. The third-order valence-corrected chi connectivity index (χ3v) is 6.09. The van der Waals surface area contributed by atoms with E-state index in [0.29, 0.717) is 23.9 Å². The number of aromatic amines is 1. The first-order valence-corrected chi connectivity index (χ1v) is 9.74. The Labute approximate surface area is 159 Å². The van der Waals surface area contributed by atoms with Crippen molar-refractivity contribution in [3.05, 3.63) is 35.5 Å². The molecule has 1 atom stereocenters. The lowest BCUT2D eigenvalue weighted by Gasteiger charge is -2.28. The van der Waals surface area contributed by atoms with E-state index in [1.165, 1.54) is 12.8 Å². The van der Waals surface area contributed by atoms with Crippen molar-refractivity contribution in [3.63, 3.8) is 0 Å². The van der Waals surface area contributed by atoms with Crippen LogP contribution in [0.3, 0.4) is 0 Å². The minimum Gasteiger partial charge on any atom is -0.481 e.